The predicted octanol–water partition coefficient (Wildman–Crippen LogP) is 1.51. The van der Waals surface area contributed by atoms with Gasteiger partial charge < -0.3 is 14.8 Å². The average molecular weight is 250 g/mol. The number of hydrogen-bond acceptors (Lipinski definition) is 3. The molecule has 1 fully saturated rings. The van der Waals surface area contributed by atoms with Crippen LogP contribution in [-0.2, 0) is 6.54 Å². The molecular formula is C14H26N4. The fraction of sp³-hybridized carbons (Fsp3) is 0.786. The van der Waals surface area contributed by atoms with E-state index in [-0.39, 0.29) is 0 Å². The van der Waals surface area contributed by atoms with Crippen LogP contribution in [0.15, 0.2) is 12.4 Å². The highest BCUT2D eigenvalue weighted by Crippen LogP contribution is 2.16. The van der Waals surface area contributed by atoms with Gasteiger partial charge in [-0.05, 0) is 32.4 Å². The second-order valence-corrected chi connectivity index (χ2v) is 5.40. The molecule has 4 heteroatoms. The van der Waals surface area contributed by atoms with E-state index in [1.165, 1.54) is 19.5 Å². The molecule has 4 nitrogen and oxygen atoms in total. The van der Waals surface area contributed by atoms with Gasteiger partial charge in [0.25, 0.3) is 0 Å². The Kier molecular flexibility index (Phi) is 4.78. The van der Waals surface area contributed by atoms with Crippen LogP contribution in [0.1, 0.15) is 26.1 Å². The topological polar surface area (TPSA) is 33.1 Å². The number of imidazole rings is 1. The smallest absolute Gasteiger partial charge is 0.105 e. The van der Waals surface area contributed by atoms with Crippen LogP contribution in [-0.4, -0.2) is 46.7 Å². The number of hydrogen-bond donors (Lipinski definition) is 1. The summed E-state index contributed by atoms with van der Waals surface area (Å²) in [5.41, 5.74) is 0. The normalized spacial score (nSPS) is 25.5. The third-order valence-electron chi connectivity index (χ3n) is 4.04. The van der Waals surface area contributed by atoms with Crippen LogP contribution in [0.25, 0.3) is 0 Å². The molecule has 2 heterocycles. The van der Waals surface area contributed by atoms with E-state index in [2.05, 4.69) is 46.7 Å². The van der Waals surface area contributed by atoms with Gasteiger partial charge in [0, 0.05) is 38.1 Å². The summed E-state index contributed by atoms with van der Waals surface area (Å²) in [6.45, 7) is 12.3. The van der Waals surface area contributed by atoms with Crippen LogP contribution in [0.4, 0.5) is 0 Å². The summed E-state index contributed by atoms with van der Waals surface area (Å²) < 4.78 is 2.24. The summed E-state index contributed by atoms with van der Waals surface area (Å²) in [7, 11) is 0. The van der Waals surface area contributed by atoms with Crippen molar-refractivity contribution in [2.24, 2.45) is 5.92 Å². The molecule has 0 aromatic carbocycles. The molecule has 0 saturated carbocycles. The average Bonchev–Trinajstić information content (AvgIpc) is 2.76. The lowest BCUT2D eigenvalue weighted by atomic mass is 9.94. The number of nitrogens with one attached hydrogen (secondary N) is 1. The van der Waals surface area contributed by atoms with Gasteiger partial charge in [0.2, 0.25) is 0 Å². The van der Waals surface area contributed by atoms with Crippen molar-refractivity contribution in [1.82, 2.24) is 19.8 Å². The molecule has 0 aliphatic carbocycles. The molecule has 0 radical (unpaired) electrons. The Morgan fingerprint density at radius 1 is 1.44 bits per heavy atom. The molecule has 1 aromatic heterocycles. The van der Waals surface area contributed by atoms with Crippen molar-refractivity contribution >= 4 is 0 Å². The Hall–Kier alpha value is -0.870. The Bertz CT molecular complexity index is 360. The van der Waals surface area contributed by atoms with Crippen LogP contribution in [0.2, 0.25) is 0 Å². The van der Waals surface area contributed by atoms with Gasteiger partial charge in [0.1, 0.15) is 5.82 Å². The molecule has 102 valence electrons. The van der Waals surface area contributed by atoms with Gasteiger partial charge in [0.15, 0.2) is 0 Å². The number of likely N-dealkylation sites (tertiary alicyclic amines) is 1. The largest absolute Gasteiger partial charge is 0.334 e. The van der Waals surface area contributed by atoms with Crippen LogP contribution in [0.5, 0.6) is 0 Å². The summed E-state index contributed by atoms with van der Waals surface area (Å²) in [5, 5.41) is 3.59. The van der Waals surface area contributed by atoms with Crippen molar-refractivity contribution < 1.29 is 0 Å². The molecule has 18 heavy (non-hydrogen) atoms. The van der Waals surface area contributed by atoms with Crippen LogP contribution in [0.3, 0.4) is 0 Å². The number of piperidine rings is 1. The molecule has 1 saturated heterocycles. The maximum absolute atomic E-state index is 4.27. The van der Waals surface area contributed by atoms with Gasteiger partial charge in [-0.1, -0.05) is 13.8 Å². The van der Waals surface area contributed by atoms with E-state index in [9.17, 15) is 0 Å². The zero-order valence-electron chi connectivity index (χ0n) is 11.9. The summed E-state index contributed by atoms with van der Waals surface area (Å²) in [5.74, 6) is 1.87. The van der Waals surface area contributed by atoms with E-state index in [4.69, 9.17) is 0 Å². The van der Waals surface area contributed by atoms with Crippen LogP contribution >= 0.6 is 0 Å². The summed E-state index contributed by atoms with van der Waals surface area (Å²) >= 11 is 0. The van der Waals surface area contributed by atoms with E-state index in [0.29, 0.717) is 6.04 Å². The lowest BCUT2D eigenvalue weighted by Gasteiger charge is -2.37. The van der Waals surface area contributed by atoms with Gasteiger partial charge in [-0.25, -0.2) is 4.98 Å². The Morgan fingerprint density at radius 2 is 2.28 bits per heavy atom. The maximum atomic E-state index is 4.27. The predicted molar refractivity (Wildman–Crippen MR) is 74.6 cm³/mol. The van der Waals surface area contributed by atoms with Gasteiger partial charge in [-0.15, -0.1) is 0 Å². The number of nitrogens with zero attached hydrogens (tertiary/aromatic N) is 3. The standard InChI is InChI=1S/C14H26N4/c1-4-15-14-5-7-17(11-12(14)2)9-10-18-8-6-16-13(18)3/h6,8,12,14-15H,4-5,7,9-11H2,1-3H3. The molecule has 2 unspecified atom stereocenters. The first-order chi connectivity index (χ1) is 8.70. The first-order valence-electron chi connectivity index (χ1n) is 7.14. The second kappa shape index (κ2) is 6.34. The molecule has 2 rings (SSSR count). The van der Waals surface area contributed by atoms with Crippen molar-refractivity contribution in [2.45, 2.75) is 39.8 Å². The molecule has 1 aliphatic rings. The lowest BCUT2D eigenvalue weighted by molar-refractivity contribution is 0.144. The van der Waals surface area contributed by atoms with Crippen molar-refractivity contribution in [3.8, 4) is 0 Å². The van der Waals surface area contributed by atoms with E-state index in [0.717, 1.165) is 31.4 Å². The summed E-state index contributed by atoms with van der Waals surface area (Å²) in [4.78, 5) is 6.85. The molecular weight excluding hydrogens is 224 g/mol. The maximum Gasteiger partial charge on any atom is 0.105 e. The summed E-state index contributed by atoms with van der Waals surface area (Å²) in [6, 6.07) is 0.709. The van der Waals surface area contributed by atoms with E-state index in [1.54, 1.807) is 0 Å². The third-order valence-corrected chi connectivity index (χ3v) is 4.04. The van der Waals surface area contributed by atoms with Gasteiger partial charge >= 0.3 is 0 Å². The molecule has 1 aliphatic heterocycles. The van der Waals surface area contributed by atoms with E-state index in [1.807, 2.05) is 6.20 Å². The number of aryl methyl sites for hydroxylation is 1. The first kappa shape index (κ1) is 13.6. The van der Waals surface area contributed by atoms with Gasteiger partial charge in [-0.3, -0.25) is 0 Å². The minimum absolute atomic E-state index is 0.709. The van der Waals surface area contributed by atoms with Crippen LogP contribution in [0, 0.1) is 12.8 Å². The minimum Gasteiger partial charge on any atom is -0.334 e. The second-order valence-electron chi connectivity index (χ2n) is 5.40. The van der Waals surface area contributed by atoms with Gasteiger partial charge in [-0.2, -0.15) is 0 Å². The Labute approximate surface area is 110 Å². The lowest BCUT2D eigenvalue weighted by Crippen LogP contribution is -2.48. The third kappa shape index (κ3) is 3.33. The van der Waals surface area contributed by atoms with Crippen molar-refractivity contribution in [1.29, 1.82) is 0 Å². The summed E-state index contributed by atoms with van der Waals surface area (Å²) in [6.07, 6.45) is 5.23. The van der Waals surface area contributed by atoms with E-state index < -0.39 is 0 Å². The molecule has 2 atom stereocenters. The van der Waals surface area contributed by atoms with Crippen molar-refractivity contribution in [3.63, 3.8) is 0 Å². The fourth-order valence-electron chi connectivity index (χ4n) is 2.89. The Morgan fingerprint density at radius 3 is 2.89 bits per heavy atom. The van der Waals surface area contributed by atoms with E-state index >= 15 is 0 Å². The highest BCUT2D eigenvalue weighted by atomic mass is 15.2. The zero-order chi connectivity index (χ0) is 13.0. The quantitative estimate of drug-likeness (QED) is 0.860. The monoisotopic (exact) mass is 250 g/mol. The molecule has 0 spiro atoms. The molecule has 0 amide bonds. The minimum atomic E-state index is 0.709. The molecule has 1 N–H and O–H groups in total. The van der Waals surface area contributed by atoms with Gasteiger partial charge in [0.05, 0.1) is 0 Å². The Balaban J connectivity index is 1.77. The number of aromatic nitrogens is 2. The number of rotatable bonds is 5. The van der Waals surface area contributed by atoms with Crippen LogP contribution < -0.4 is 5.32 Å². The van der Waals surface area contributed by atoms with Crippen molar-refractivity contribution in [2.75, 3.05) is 26.2 Å². The first-order valence-corrected chi connectivity index (χ1v) is 7.14. The zero-order valence-corrected chi connectivity index (χ0v) is 11.9. The molecule has 1 aromatic rings. The molecule has 0 bridgehead atoms. The van der Waals surface area contributed by atoms with Crippen molar-refractivity contribution in [3.05, 3.63) is 18.2 Å². The fourth-order valence-corrected chi connectivity index (χ4v) is 2.89. The highest BCUT2D eigenvalue weighted by molar-refractivity contribution is 4.89. The highest BCUT2D eigenvalue weighted by Gasteiger charge is 2.24. The SMILES string of the molecule is CCNC1CCN(CCn2ccnc2C)CC1C.